The summed E-state index contributed by atoms with van der Waals surface area (Å²) in [5, 5.41) is 11.9. The first-order valence-corrected chi connectivity index (χ1v) is 12.3. The summed E-state index contributed by atoms with van der Waals surface area (Å²) in [4.78, 5) is 44.6. The second-order valence-electron chi connectivity index (χ2n) is 9.51. The Kier molecular flexibility index (Phi) is 9.92. The van der Waals surface area contributed by atoms with Crippen molar-refractivity contribution in [2.45, 2.75) is 39.3 Å². The van der Waals surface area contributed by atoms with Crippen molar-refractivity contribution in [3.8, 4) is 11.1 Å². The lowest BCUT2D eigenvalue weighted by Gasteiger charge is -2.27. The molecule has 37 heavy (non-hydrogen) atoms. The van der Waals surface area contributed by atoms with Crippen LogP contribution < -0.4 is 10.8 Å². The molecule has 8 heteroatoms. The summed E-state index contributed by atoms with van der Waals surface area (Å²) in [6.07, 6.45) is 1.91. The molecule has 0 spiro atoms. The Labute approximate surface area is 217 Å². The van der Waals surface area contributed by atoms with Crippen molar-refractivity contribution in [3.63, 3.8) is 0 Å². The summed E-state index contributed by atoms with van der Waals surface area (Å²) >= 11 is 0. The van der Waals surface area contributed by atoms with Crippen LogP contribution in [0, 0.1) is 11.8 Å². The van der Waals surface area contributed by atoms with E-state index in [0.717, 1.165) is 16.8 Å². The quantitative estimate of drug-likeness (QED) is 0.270. The summed E-state index contributed by atoms with van der Waals surface area (Å²) in [6.45, 7) is 4.17. The molecular weight excluding hydrogens is 468 g/mol. The van der Waals surface area contributed by atoms with E-state index >= 15 is 0 Å². The minimum Gasteiger partial charge on any atom is -0.340 e. The summed E-state index contributed by atoms with van der Waals surface area (Å²) < 4.78 is 0. The number of nitrogens with one attached hydrogen (secondary N) is 2. The minimum absolute atomic E-state index is 0.133. The van der Waals surface area contributed by atoms with E-state index in [2.05, 4.69) is 10.3 Å². The van der Waals surface area contributed by atoms with Crippen molar-refractivity contribution in [3.05, 3.63) is 90.3 Å². The number of hydroxylamine groups is 1. The molecular formula is C29H34N4O4. The molecule has 0 aliphatic carbocycles. The summed E-state index contributed by atoms with van der Waals surface area (Å²) in [5.74, 6) is -1.95. The van der Waals surface area contributed by atoms with Crippen LogP contribution in [0.25, 0.3) is 11.1 Å². The highest BCUT2D eigenvalue weighted by Crippen LogP contribution is 2.25. The maximum absolute atomic E-state index is 13.6. The van der Waals surface area contributed by atoms with E-state index in [9.17, 15) is 14.4 Å². The predicted molar refractivity (Wildman–Crippen MR) is 141 cm³/mol. The molecule has 0 aliphatic heterocycles. The van der Waals surface area contributed by atoms with E-state index in [-0.39, 0.29) is 24.8 Å². The zero-order chi connectivity index (χ0) is 26.8. The van der Waals surface area contributed by atoms with Crippen LogP contribution >= 0.6 is 0 Å². The van der Waals surface area contributed by atoms with Gasteiger partial charge < -0.3 is 10.2 Å². The molecule has 3 rings (SSSR count). The van der Waals surface area contributed by atoms with Gasteiger partial charge >= 0.3 is 0 Å². The van der Waals surface area contributed by atoms with Crippen molar-refractivity contribution in [2.24, 2.45) is 11.8 Å². The second-order valence-corrected chi connectivity index (χ2v) is 9.51. The topological polar surface area (TPSA) is 112 Å². The standard InChI is InChI=1S/C29H34N4O4/c1-20(2)17-24(18-26(34)32-37)28(35)31-27(29(36)33(3)19-25-11-7-8-16-30-25)23-14-12-22(13-15-23)21-9-5-4-6-10-21/h4-16,20,24,27,37H,17-19H2,1-3H3,(H,31,35)(H,32,34)/t24-,27?/m1/s1. The first kappa shape index (κ1) is 27.5. The number of carbonyl (C=O) groups excluding carboxylic acids is 3. The van der Waals surface area contributed by atoms with Gasteiger partial charge in [-0.25, -0.2) is 5.48 Å². The molecule has 8 nitrogen and oxygen atoms in total. The number of hydrogen-bond acceptors (Lipinski definition) is 5. The molecule has 0 fully saturated rings. The number of hydrogen-bond donors (Lipinski definition) is 3. The number of aromatic nitrogens is 1. The fraction of sp³-hybridized carbons (Fsp3) is 0.310. The Bertz CT molecular complexity index is 1170. The smallest absolute Gasteiger partial charge is 0.249 e. The van der Waals surface area contributed by atoms with Crippen molar-refractivity contribution in [2.75, 3.05) is 7.05 Å². The number of benzene rings is 2. The largest absolute Gasteiger partial charge is 0.340 e. The fourth-order valence-corrected chi connectivity index (χ4v) is 4.20. The van der Waals surface area contributed by atoms with Crippen LogP contribution in [0.2, 0.25) is 0 Å². The maximum Gasteiger partial charge on any atom is 0.249 e. The lowest BCUT2D eigenvalue weighted by Crippen LogP contribution is -2.44. The minimum atomic E-state index is -0.960. The van der Waals surface area contributed by atoms with Crippen LogP contribution in [0.4, 0.5) is 0 Å². The van der Waals surface area contributed by atoms with Gasteiger partial charge in [-0.3, -0.25) is 24.6 Å². The summed E-state index contributed by atoms with van der Waals surface area (Å²) in [6, 6.07) is 21.9. The van der Waals surface area contributed by atoms with Crippen LogP contribution in [0.3, 0.4) is 0 Å². The van der Waals surface area contributed by atoms with Gasteiger partial charge in [0.2, 0.25) is 17.7 Å². The van der Waals surface area contributed by atoms with E-state index in [1.165, 1.54) is 4.90 Å². The number of rotatable bonds is 11. The molecule has 1 aromatic heterocycles. The molecule has 3 amide bonds. The maximum atomic E-state index is 13.6. The van der Waals surface area contributed by atoms with Gasteiger partial charge in [-0.1, -0.05) is 74.5 Å². The van der Waals surface area contributed by atoms with Crippen molar-refractivity contribution in [1.29, 1.82) is 0 Å². The van der Waals surface area contributed by atoms with Gasteiger partial charge in [0.1, 0.15) is 6.04 Å². The van der Waals surface area contributed by atoms with Gasteiger partial charge in [-0.2, -0.15) is 0 Å². The fourth-order valence-electron chi connectivity index (χ4n) is 4.20. The zero-order valence-corrected chi connectivity index (χ0v) is 21.4. The van der Waals surface area contributed by atoms with Gasteiger partial charge in [0.15, 0.2) is 0 Å². The van der Waals surface area contributed by atoms with Crippen LogP contribution in [0.1, 0.15) is 44.0 Å². The van der Waals surface area contributed by atoms with E-state index in [0.29, 0.717) is 12.0 Å². The molecule has 3 aromatic rings. The molecule has 0 radical (unpaired) electrons. The molecule has 2 atom stereocenters. The number of amides is 3. The van der Waals surface area contributed by atoms with E-state index in [1.54, 1.807) is 24.8 Å². The van der Waals surface area contributed by atoms with E-state index < -0.39 is 23.8 Å². The molecule has 3 N–H and O–H groups in total. The lowest BCUT2D eigenvalue weighted by molar-refractivity contribution is -0.139. The van der Waals surface area contributed by atoms with E-state index in [1.807, 2.05) is 80.6 Å². The first-order valence-electron chi connectivity index (χ1n) is 12.3. The number of carbonyl (C=O) groups is 3. The predicted octanol–water partition coefficient (Wildman–Crippen LogP) is 4.12. The van der Waals surface area contributed by atoms with Crippen LogP contribution in [-0.2, 0) is 20.9 Å². The Balaban J connectivity index is 1.88. The number of pyridine rings is 1. The van der Waals surface area contributed by atoms with Gasteiger partial charge in [-0.05, 0) is 41.2 Å². The normalized spacial score (nSPS) is 12.5. The Morgan fingerprint density at radius 1 is 0.919 bits per heavy atom. The SMILES string of the molecule is CC(C)C[C@H](CC(=O)NO)C(=O)NC(C(=O)N(C)Cc1ccccn1)c1ccc(-c2ccccc2)cc1. The number of likely N-dealkylation sites (N-methyl/N-ethyl adjacent to an activating group) is 1. The van der Waals surface area contributed by atoms with Gasteiger partial charge in [-0.15, -0.1) is 0 Å². The van der Waals surface area contributed by atoms with Crippen LogP contribution in [-0.4, -0.2) is 39.9 Å². The summed E-state index contributed by atoms with van der Waals surface area (Å²) in [7, 11) is 1.67. The van der Waals surface area contributed by atoms with Crippen LogP contribution in [0.5, 0.6) is 0 Å². The molecule has 2 aromatic carbocycles. The van der Waals surface area contributed by atoms with Crippen molar-refractivity contribution >= 4 is 17.7 Å². The van der Waals surface area contributed by atoms with Gasteiger partial charge in [0, 0.05) is 25.6 Å². The monoisotopic (exact) mass is 502 g/mol. The van der Waals surface area contributed by atoms with Crippen LogP contribution in [0.15, 0.2) is 79.0 Å². The third kappa shape index (κ3) is 7.98. The van der Waals surface area contributed by atoms with Crippen molar-refractivity contribution < 1.29 is 19.6 Å². The molecule has 0 aliphatic rings. The number of nitrogens with zero attached hydrogens (tertiary/aromatic N) is 2. The van der Waals surface area contributed by atoms with E-state index in [4.69, 9.17) is 5.21 Å². The van der Waals surface area contributed by atoms with Gasteiger partial charge in [0.05, 0.1) is 12.2 Å². The highest BCUT2D eigenvalue weighted by atomic mass is 16.5. The first-order chi connectivity index (χ1) is 17.8. The highest BCUT2D eigenvalue weighted by molar-refractivity contribution is 5.91. The molecule has 0 saturated heterocycles. The Hall–Kier alpha value is -4.04. The Morgan fingerprint density at radius 3 is 2.16 bits per heavy atom. The highest BCUT2D eigenvalue weighted by Gasteiger charge is 2.30. The molecule has 194 valence electrons. The second kappa shape index (κ2) is 13.3. The third-order valence-corrected chi connectivity index (χ3v) is 6.07. The summed E-state index contributed by atoms with van der Waals surface area (Å²) in [5.41, 5.74) is 4.97. The zero-order valence-electron chi connectivity index (χ0n) is 21.4. The molecule has 0 bridgehead atoms. The lowest BCUT2D eigenvalue weighted by atomic mass is 9.92. The van der Waals surface area contributed by atoms with Gasteiger partial charge in [0.25, 0.3) is 0 Å². The molecule has 1 unspecified atom stereocenters. The Morgan fingerprint density at radius 2 is 1.57 bits per heavy atom. The third-order valence-electron chi connectivity index (χ3n) is 6.07. The van der Waals surface area contributed by atoms with Crippen molar-refractivity contribution in [1.82, 2.24) is 20.7 Å². The molecule has 1 heterocycles. The average molecular weight is 503 g/mol. The molecule has 0 saturated carbocycles. The average Bonchev–Trinajstić information content (AvgIpc) is 2.91.